The van der Waals surface area contributed by atoms with Gasteiger partial charge in [0.15, 0.2) is 6.10 Å². The van der Waals surface area contributed by atoms with E-state index in [0.29, 0.717) is 17.2 Å². The lowest BCUT2D eigenvalue weighted by atomic mass is 9.84. The van der Waals surface area contributed by atoms with E-state index in [1.54, 1.807) is 17.0 Å². The number of aliphatic hydroxyl groups is 1. The summed E-state index contributed by atoms with van der Waals surface area (Å²) in [6.45, 7) is -0.559. The maximum atomic E-state index is 13.6. The normalized spacial score (nSPS) is 14.7. The van der Waals surface area contributed by atoms with Crippen LogP contribution in [0.2, 0.25) is 0 Å². The lowest BCUT2D eigenvalue weighted by molar-refractivity contribution is -0.146. The van der Waals surface area contributed by atoms with Crippen LogP contribution < -0.4 is 15.5 Å². The zero-order valence-corrected chi connectivity index (χ0v) is 26.3. The predicted molar refractivity (Wildman–Crippen MR) is 172 cm³/mol. The first-order valence-electron chi connectivity index (χ1n) is 14.7. The molecule has 0 radical (unpaired) electrons. The molecule has 0 aliphatic heterocycles. The van der Waals surface area contributed by atoms with Crippen molar-refractivity contribution in [3.63, 3.8) is 0 Å². The van der Waals surface area contributed by atoms with E-state index in [0.717, 1.165) is 25.0 Å². The van der Waals surface area contributed by atoms with Crippen LogP contribution >= 0.6 is 15.9 Å². The maximum Gasteiger partial charge on any atom is 0.416 e. The Kier molecular flexibility index (Phi) is 11.8. The number of anilines is 2. The number of carboxylic acids is 1. The molecule has 13 heteroatoms. The standard InChI is InChI=1S/C33H33BrF3N5O4/c34-26-16-25(33(35,36)37)17-27(18-26)41-32(39-15-14-38)42(28-12-10-23(11-13-28)22-4-2-1-3-5-22)20-21-6-8-24(9-7-21)30(44)40-19-29(43)31(45)46/h6-13,16-18,22,29,43H,1-5,15,19-20H2,(H,39,41)(H,40,44)(H,45,46)/t29-/m1/s1. The summed E-state index contributed by atoms with van der Waals surface area (Å²) in [6.07, 6.45) is -0.528. The van der Waals surface area contributed by atoms with Crippen molar-refractivity contribution in [2.45, 2.75) is 56.8 Å². The number of halogens is 4. The van der Waals surface area contributed by atoms with Crippen molar-refractivity contribution in [1.29, 1.82) is 5.26 Å². The van der Waals surface area contributed by atoms with Gasteiger partial charge < -0.3 is 25.7 Å². The molecule has 1 saturated carbocycles. The van der Waals surface area contributed by atoms with Crippen LogP contribution in [-0.2, 0) is 17.5 Å². The third-order valence-electron chi connectivity index (χ3n) is 7.62. The lowest BCUT2D eigenvalue weighted by Crippen LogP contribution is -2.37. The van der Waals surface area contributed by atoms with Crippen molar-refractivity contribution in [2.75, 3.05) is 23.3 Å². The Bertz CT molecular complexity index is 1580. The zero-order valence-electron chi connectivity index (χ0n) is 24.7. The Hall–Kier alpha value is -4.41. The molecule has 3 aromatic carbocycles. The molecule has 46 heavy (non-hydrogen) atoms. The molecule has 0 unspecified atom stereocenters. The molecule has 1 atom stereocenters. The van der Waals surface area contributed by atoms with Crippen molar-refractivity contribution in [1.82, 2.24) is 5.32 Å². The average Bonchev–Trinajstić information content (AvgIpc) is 3.04. The molecule has 4 N–H and O–H groups in total. The summed E-state index contributed by atoms with van der Waals surface area (Å²) in [4.78, 5) is 29.4. The number of nitrogens with zero attached hydrogens (tertiary/aromatic N) is 3. The Labute approximate surface area is 272 Å². The number of alkyl halides is 3. The number of hydrogen-bond donors (Lipinski definition) is 4. The first-order chi connectivity index (χ1) is 21.9. The van der Waals surface area contributed by atoms with Crippen molar-refractivity contribution in [3.05, 3.63) is 93.5 Å². The highest BCUT2D eigenvalue weighted by atomic mass is 79.9. The first-order valence-corrected chi connectivity index (χ1v) is 15.5. The highest BCUT2D eigenvalue weighted by molar-refractivity contribution is 9.10. The molecule has 0 bridgehead atoms. The second-order valence-electron chi connectivity index (χ2n) is 10.9. The molecule has 1 fully saturated rings. The number of aliphatic hydroxyl groups excluding tert-OH is 1. The summed E-state index contributed by atoms with van der Waals surface area (Å²) in [6, 6.07) is 19.7. The third kappa shape index (κ3) is 9.55. The van der Waals surface area contributed by atoms with Gasteiger partial charge in [0.1, 0.15) is 6.54 Å². The number of aliphatic carboxylic acids is 1. The van der Waals surface area contributed by atoms with E-state index >= 15 is 0 Å². The molecule has 0 heterocycles. The Balaban J connectivity index is 1.66. The molecule has 242 valence electrons. The van der Waals surface area contributed by atoms with Crippen molar-refractivity contribution in [3.8, 4) is 6.07 Å². The minimum atomic E-state index is -4.58. The number of rotatable bonds is 10. The van der Waals surface area contributed by atoms with Crippen LogP contribution in [0.3, 0.4) is 0 Å². The number of guanidine groups is 1. The van der Waals surface area contributed by atoms with E-state index in [9.17, 15) is 33.1 Å². The number of aliphatic imine (C=N–C) groups is 1. The van der Waals surface area contributed by atoms with E-state index in [1.807, 2.05) is 30.3 Å². The van der Waals surface area contributed by atoms with E-state index in [2.05, 4.69) is 31.6 Å². The lowest BCUT2D eigenvalue weighted by Gasteiger charge is -2.28. The predicted octanol–water partition coefficient (Wildman–Crippen LogP) is 6.69. The van der Waals surface area contributed by atoms with Crippen LogP contribution in [0.25, 0.3) is 0 Å². The number of carbonyl (C=O) groups excluding carboxylic acids is 1. The van der Waals surface area contributed by atoms with Crippen LogP contribution in [0.1, 0.15) is 65.1 Å². The number of carbonyl (C=O) groups is 2. The van der Waals surface area contributed by atoms with Gasteiger partial charge in [0, 0.05) is 21.4 Å². The molecular weight excluding hydrogens is 667 g/mol. The van der Waals surface area contributed by atoms with Crippen molar-refractivity contribution in [2.24, 2.45) is 4.99 Å². The fraction of sp³-hybridized carbons (Fsp3) is 0.333. The topological polar surface area (TPSA) is 138 Å². The molecule has 4 rings (SSSR count). The third-order valence-corrected chi connectivity index (χ3v) is 8.07. The average molecular weight is 701 g/mol. The van der Waals surface area contributed by atoms with Gasteiger partial charge in [0.2, 0.25) is 5.96 Å². The summed E-state index contributed by atoms with van der Waals surface area (Å²) in [5.74, 6) is -1.43. The van der Waals surface area contributed by atoms with E-state index in [1.165, 1.54) is 43.0 Å². The summed E-state index contributed by atoms with van der Waals surface area (Å²) < 4.78 is 41.0. The molecule has 9 nitrogen and oxygen atoms in total. The quantitative estimate of drug-likeness (QED) is 0.105. The fourth-order valence-electron chi connectivity index (χ4n) is 5.23. The van der Waals surface area contributed by atoms with Gasteiger partial charge in [0.25, 0.3) is 5.91 Å². The molecule has 0 spiro atoms. The number of amides is 1. The van der Waals surface area contributed by atoms with Gasteiger partial charge in [-0.1, -0.05) is 59.5 Å². The summed E-state index contributed by atoms with van der Waals surface area (Å²) in [5.41, 5.74) is 2.07. The minimum absolute atomic E-state index is 0.109. The molecule has 0 saturated heterocycles. The van der Waals surface area contributed by atoms with Crippen LogP contribution in [0.4, 0.5) is 24.5 Å². The van der Waals surface area contributed by atoms with Crippen LogP contribution in [0.5, 0.6) is 0 Å². The number of nitriles is 1. The van der Waals surface area contributed by atoms with E-state index in [-0.39, 0.29) is 34.8 Å². The molecule has 3 aromatic rings. The van der Waals surface area contributed by atoms with Gasteiger partial charge in [-0.3, -0.25) is 4.79 Å². The molecule has 1 amide bonds. The van der Waals surface area contributed by atoms with Crippen molar-refractivity contribution >= 4 is 45.1 Å². The van der Waals surface area contributed by atoms with Crippen molar-refractivity contribution < 1.29 is 33.0 Å². The summed E-state index contributed by atoms with van der Waals surface area (Å²) >= 11 is 3.15. The molecule has 1 aliphatic rings. The molecule has 0 aromatic heterocycles. The Morgan fingerprint density at radius 3 is 2.33 bits per heavy atom. The summed E-state index contributed by atoms with van der Waals surface area (Å²) in [5, 5.41) is 33.0. The highest BCUT2D eigenvalue weighted by Crippen LogP contribution is 2.35. The van der Waals surface area contributed by atoms with Crippen LogP contribution in [-0.4, -0.2) is 47.2 Å². The highest BCUT2D eigenvalue weighted by Gasteiger charge is 2.31. The smallest absolute Gasteiger partial charge is 0.416 e. The molecule has 1 aliphatic carbocycles. The van der Waals surface area contributed by atoms with Gasteiger partial charge in [-0.25, -0.2) is 9.79 Å². The number of nitrogens with one attached hydrogen (secondary N) is 2. The van der Waals surface area contributed by atoms with Gasteiger partial charge in [0.05, 0.1) is 24.7 Å². The Morgan fingerprint density at radius 1 is 1.04 bits per heavy atom. The fourth-order valence-corrected chi connectivity index (χ4v) is 5.72. The van der Waals surface area contributed by atoms with E-state index in [4.69, 9.17) is 5.11 Å². The SMILES string of the molecule is N#CCN=C(Nc1cc(Br)cc(C(F)(F)F)c1)N(Cc1ccc(C(=O)NC[C@@H](O)C(=O)O)cc1)c1ccc(C2CCCCC2)cc1. The van der Waals surface area contributed by atoms with Gasteiger partial charge in [-0.05, 0) is 72.4 Å². The van der Waals surface area contributed by atoms with Gasteiger partial charge in [-0.2, -0.15) is 18.4 Å². The summed E-state index contributed by atoms with van der Waals surface area (Å²) in [7, 11) is 0. The molecular formula is C33H33BrF3N5O4. The second kappa shape index (κ2) is 15.7. The monoisotopic (exact) mass is 699 g/mol. The number of benzene rings is 3. The van der Waals surface area contributed by atoms with Gasteiger partial charge in [-0.15, -0.1) is 0 Å². The number of hydrogen-bond acceptors (Lipinski definition) is 5. The van der Waals surface area contributed by atoms with Gasteiger partial charge >= 0.3 is 12.1 Å². The maximum absolute atomic E-state index is 13.6. The largest absolute Gasteiger partial charge is 0.479 e. The second-order valence-corrected chi connectivity index (χ2v) is 11.8. The van der Waals surface area contributed by atoms with Crippen LogP contribution in [0.15, 0.2) is 76.2 Å². The minimum Gasteiger partial charge on any atom is -0.479 e. The zero-order chi connectivity index (χ0) is 33.3. The van der Waals surface area contributed by atoms with E-state index < -0.39 is 36.3 Å². The number of carboxylic acid groups (broad SMARTS) is 1. The Morgan fingerprint density at radius 2 is 1.72 bits per heavy atom. The van der Waals surface area contributed by atoms with Crippen LogP contribution in [0, 0.1) is 11.3 Å². The first kappa shape index (κ1) is 34.5.